The summed E-state index contributed by atoms with van der Waals surface area (Å²) in [7, 11) is 1.91. The number of nitrogens with zero attached hydrogens (tertiary/aromatic N) is 5. The average molecular weight is 453 g/mol. The molecule has 3 heterocycles. The van der Waals surface area contributed by atoms with Gasteiger partial charge in [0.05, 0.1) is 12.3 Å². The van der Waals surface area contributed by atoms with Gasteiger partial charge < -0.3 is 14.6 Å². The molecule has 2 aromatic carbocycles. The predicted molar refractivity (Wildman–Crippen MR) is 135 cm³/mol. The molecule has 34 heavy (non-hydrogen) atoms. The van der Waals surface area contributed by atoms with E-state index in [1.54, 1.807) is 4.68 Å². The number of hydrogen-bond acceptors (Lipinski definition) is 5. The molecule has 0 radical (unpaired) electrons. The maximum atomic E-state index is 6.12. The molecule has 5 aromatic rings. The van der Waals surface area contributed by atoms with Crippen molar-refractivity contribution in [2.24, 2.45) is 7.05 Å². The molecular formula is C27H28N6O. The van der Waals surface area contributed by atoms with E-state index in [-0.39, 0.29) is 6.10 Å². The first-order valence-corrected chi connectivity index (χ1v) is 11.5. The van der Waals surface area contributed by atoms with E-state index in [4.69, 9.17) is 9.72 Å². The fraction of sp³-hybridized carbons (Fsp3) is 0.222. The highest BCUT2D eigenvalue weighted by Gasteiger charge is 2.12. The van der Waals surface area contributed by atoms with Gasteiger partial charge in [0.25, 0.3) is 0 Å². The Morgan fingerprint density at radius 3 is 2.65 bits per heavy atom. The molecule has 0 atom stereocenters. The Balaban J connectivity index is 1.40. The van der Waals surface area contributed by atoms with Crippen LogP contribution in [0.15, 0.2) is 79.4 Å². The van der Waals surface area contributed by atoms with Gasteiger partial charge in [0.15, 0.2) is 0 Å². The molecule has 0 saturated carbocycles. The van der Waals surface area contributed by atoms with Crippen molar-refractivity contribution in [2.45, 2.75) is 32.9 Å². The molecule has 3 aromatic heterocycles. The minimum atomic E-state index is 0.0474. The van der Waals surface area contributed by atoms with Crippen molar-refractivity contribution in [1.29, 1.82) is 0 Å². The Hall–Kier alpha value is -4.13. The molecule has 0 spiro atoms. The van der Waals surface area contributed by atoms with Crippen LogP contribution in [-0.4, -0.2) is 30.4 Å². The monoisotopic (exact) mass is 452 g/mol. The molecule has 0 aliphatic rings. The van der Waals surface area contributed by atoms with E-state index in [0.717, 1.165) is 46.6 Å². The zero-order valence-corrected chi connectivity index (χ0v) is 19.6. The molecular weight excluding hydrogens is 424 g/mol. The lowest BCUT2D eigenvalue weighted by atomic mass is 10.1. The molecule has 0 aliphatic carbocycles. The van der Waals surface area contributed by atoms with Gasteiger partial charge in [0.2, 0.25) is 5.95 Å². The highest BCUT2D eigenvalue weighted by Crippen LogP contribution is 2.34. The van der Waals surface area contributed by atoms with Crippen molar-refractivity contribution in [3.63, 3.8) is 0 Å². The largest absolute Gasteiger partial charge is 0.490 e. The zero-order chi connectivity index (χ0) is 23.5. The van der Waals surface area contributed by atoms with Crippen LogP contribution in [-0.2, 0) is 20.0 Å². The average Bonchev–Trinajstić information content (AvgIpc) is 3.44. The number of hydrogen-bond donors (Lipinski definition) is 1. The van der Waals surface area contributed by atoms with Crippen molar-refractivity contribution in [3.05, 3.63) is 84.9 Å². The van der Waals surface area contributed by atoms with Crippen molar-refractivity contribution in [2.75, 3.05) is 5.32 Å². The van der Waals surface area contributed by atoms with Crippen molar-refractivity contribution < 1.29 is 4.74 Å². The summed E-state index contributed by atoms with van der Waals surface area (Å²) in [5.74, 6) is 1.34. The number of fused-ring (bicyclic) bond motifs is 1. The lowest BCUT2D eigenvalue weighted by molar-refractivity contribution is 0.243. The Labute approximate surface area is 199 Å². The topological polar surface area (TPSA) is 69.8 Å². The molecule has 5 rings (SSSR count). The second-order valence-electron chi connectivity index (χ2n) is 8.62. The van der Waals surface area contributed by atoms with Gasteiger partial charge in [-0.3, -0.25) is 4.68 Å². The first kappa shape index (κ1) is 21.7. The fourth-order valence-electron chi connectivity index (χ4n) is 3.98. The molecule has 0 unspecified atom stereocenters. The first-order chi connectivity index (χ1) is 16.5. The van der Waals surface area contributed by atoms with Gasteiger partial charge in [-0.1, -0.05) is 30.3 Å². The van der Waals surface area contributed by atoms with E-state index in [1.807, 2.05) is 63.8 Å². The molecule has 0 amide bonds. The fourth-order valence-corrected chi connectivity index (χ4v) is 3.98. The van der Waals surface area contributed by atoms with E-state index >= 15 is 0 Å². The molecule has 7 heteroatoms. The van der Waals surface area contributed by atoms with Crippen molar-refractivity contribution in [3.8, 4) is 16.9 Å². The van der Waals surface area contributed by atoms with Crippen LogP contribution in [0.2, 0.25) is 0 Å². The summed E-state index contributed by atoms with van der Waals surface area (Å²) >= 11 is 0. The van der Waals surface area contributed by atoms with E-state index in [0.29, 0.717) is 5.95 Å². The molecule has 172 valence electrons. The van der Waals surface area contributed by atoms with E-state index in [1.165, 1.54) is 5.56 Å². The number of aromatic nitrogens is 5. The van der Waals surface area contributed by atoms with Crippen LogP contribution < -0.4 is 10.1 Å². The summed E-state index contributed by atoms with van der Waals surface area (Å²) in [5, 5.41) is 8.66. The Morgan fingerprint density at radius 1 is 1.03 bits per heavy atom. The molecule has 0 aliphatic heterocycles. The maximum absolute atomic E-state index is 6.12. The smallest absolute Gasteiger partial charge is 0.229 e. The van der Waals surface area contributed by atoms with Crippen molar-refractivity contribution >= 4 is 22.7 Å². The van der Waals surface area contributed by atoms with Gasteiger partial charge in [-0.05, 0) is 44.0 Å². The number of benzene rings is 2. The van der Waals surface area contributed by atoms with Crippen LogP contribution >= 0.6 is 0 Å². The number of nitrogens with one attached hydrogen (secondary N) is 1. The number of anilines is 2. The minimum Gasteiger partial charge on any atom is -0.490 e. The van der Waals surface area contributed by atoms with Gasteiger partial charge >= 0.3 is 0 Å². The quantitative estimate of drug-likeness (QED) is 0.332. The highest BCUT2D eigenvalue weighted by atomic mass is 16.5. The molecule has 0 bridgehead atoms. The summed E-state index contributed by atoms with van der Waals surface area (Å²) < 4.78 is 10.1. The lowest BCUT2D eigenvalue weighted by Crippen LogP contribution is -2.07. The van der Waals surface area contributed by atoms with Crippen LogP contribution in [0.4, 0.5) is 11.6 Å². The van der Waals surface area contributed by atoms with E-state index in [2.05, 4.69) is 56.5 Å². The standard InChI is InChI=1S/C27H28N6O/c1-19(2)34-25-15-23(9-10-24(25)22-17-29-32(3)18-22)30-27-28-16-21-12-14-33(26(21)31-27)13-11-20-7-5-4-6-8-20/h4-10,12,14-19H,11,13H2,1-3H3,(H,28,30,31). The third kappa shape index (κ3) is 4.78. The minimum absolute atomic E-state index is 0.0474. The van der Waals surface area contributed by atoms with Crippen LogP contribution in [0, 0.1) is 0 Å². The van der Waals surface area contributed by atoms with Gasteiger partial charge in [0.1, 0.15) is 11.4 Å². The molecule has 1 N–H and O–H groups in total. The molecule has 0 fully saturated rings. The molecule has 7 nitrogen and oxygen atoms in total. The van der Waals surface area contributed by atoms with Crippen LogP contribution in [0.25, 0.3) is 22.2 Å². The number of aryl methyl sites for hydroxylation is 3. The van der Waals surface area contributed by atoms with Gasteiger partial charge in [0, 0.05) is 60.4 Å². The predicted octanol–water partition coefficient (Wildman–Crippen LogP) is 5.61. The zero-order valence-electron chi connectivity index (χ0n) is 19.6. The normalized spacial score (nSPS) is 11.3. The molecule has 0 saturated heterocycles. The highest BCUT2D eigenvalue weighted by molar-refractivity contribution is 5.78. The second kappa shape index (κ2) is 9.39. The van der Waals surface area contributed by atoms with Crippen LogP contribution in [0.5, 0.6) is 5.75 Å². The summed E-state index contributed by atoms with van der Waals surface area (Å²) in [5.41, 5.74) is 5.10. The van der Waals surface area contributed by atoms with Crippen molar-refractivity contribution in [1.82, 2.24) is 24.3 Å². The van der Waals surface area contributed by atoms with Gasteiger partial charge in [-0.2, -0.15) is 10.1 Å². The third-order valence-electron chi connectivity index (χ3n) is 5.60. The first-order valence-electron chi connectivity index (χ1n) is 11.5. The third-order valence-corrected chi connectivity index (χ3v) is 5.60. The van der Waals surface area contributed by atoms with Gasteiger partial charge in [-0.25, -0.2) is 4.98 Å². The number of rotatable bonds is 8. The second-order valence-corrected chi connectivity index (χ2v) is 8.62. The lowest BCUT2D eigenvalue weighted by Gasteiger charge is -2.15. The SMILES string of the molecule is CC(C)Oc1cc(Nc2ncc3ccn(CCc4ccccc4)c3n2)ccc1-c1cnn(C)c1. The van der Waals surface area contributed by atoms with Crippen LogP contribution in [0.1, 0.15) is 19.4 Å². The summed E-state index contributed by atoms with van der Waals surface area (Å²) in [6.45, 7) is 4.90. The van der Waals surface area contributed by atoms with E-state index in [9.17, 15) is 0 Å². The number of ether oxygens (including phenoxy) is 1. The summed E-state index contributed by atoms with van der Waals surface area (Å²) in [6, 6.07) is 18.6. The maximum Gasteiger partial charge on any atom is 0.229 e. The Morgan fingerprint density at radius 2 is 1.88 bits per heavy atom. The summed E-state index contributed by atoms with van der Waals surface area (Å²) in [4.78, 5) is 9.32. The van der Waals surface area contributed by atoms with Crippen LogP contribution in [0.3, 0.4) is 0 Å². The van der Waals surface area contributed by atoms with Gasteiger partial charge in [-0.15, -0.1) is 0 Å². The Bertz CT molecular complexity index is 1400. The van der Waals surface area contributed by atoms with E-state index < -0.39 is 0 Å². The summed E-state index contributed by atoms with van der Waals surface area (Å²) in [6.07, 6.45) is 8.75. The Kier molecular flexibility index (Phi) is 5.99.